The first-order valence-corrected chi connectivity index (χ1v) is 14.9. The van der Waals surface area contributed by atoms with E-state index in [0.29, 0.717) is 15.8 Å². The molecule has 1 aliphatic heterocycles. The van der Waals surface area contributed by atoms with Crippen molar-refractivity contribution in [1.82, 2.24) is 14.7 Å². The molecule has 6 rings (SSSR count). The van der Waals surface area contributed by atoms with Crippen LogP contribution in [0.3, 0.4) is 0 Å². The van der Waals surface area contributed by atoms with Crippen molar-refractivity contribution in [2.24, 2.45) is 0 Å². The van der Waals surface area contributed by atoms with Crippen molar-refractivity contribution >= 4 is 51.1 Å². The second-order valence-electron chi connectivity index (χ2n) is 9.97. The minimum absolute atomic E-state index is 0.0510. The van der Waals surface area contributed by atoms with Crippen molar-refractivity contribution in [3.8, 4) is 22.7 Å². The van der Waals surface area contributed by atoms with Crippen molar-refractivity contribution in [2.45, 2.75) is 32.9 Å². The van der Waals surface area contributed by atoms with E-state index >= 15 is 0 Å². The molecule has 5 nitrogen and oxygen atoms in total. The van der Waals surface area contributed by atoms with Gasteiger partial charge in [0.25, 0.3) is 5.91 Å². The topological polar surface area (TPSA) is 47.4 Å². The number of ether oxygens (including phenoxy) is 1. The van der Waals surface area contributed by atoms with Gasteiger partial charge in [-0.1, -0.05) is 91.6 Å². The summed E-state index contributed by atoms with van der Waals surface area (Å²) in [6.07, 6.45) is 4.71. The third-order valence-electron chi connectivity index (χ3n) is 7.31. The number of thioether (sulfide) groups is 1. The highest BCUT2D eigenvalue weighted by atomic mass is 32.2. The predicted octanol–water partition coefficient (Wildman–Crippen LogP) is 8.27. The minimum atomic E-state index is -0.0510. The third kappa shape index (κ3) is 5.56. The average molecular weight is 576 g/mol. The van der Waals surface area contributed by atoms with E-state index < -0.39 is 0 Å². The molecule has 204 valence electrons. The molecule has 0 aliphatic carbocycles. The van der Waals surface area contributed by atoms with Crippen LogP contribution in [-0.4, -0.2) is 30.9 Å². The first-order valence-electron chi connectivity index (χ1n) is 13.6. The van der Waals surface area contributed by atoms with Gasteiger partial charge in [0.2, 0.25) is 0 Å². The summed E-state index contributed by atoms with van der Waals surface area (Å²) < 4.78 is 8.61. The molecule has 0 saturated carbocycles. The standard InChI is InChI=1S/C34H29N3O2S2/c1-3-23(2)37-33(38)31(41-34(37)40)20-27-21-36(28-13-5-4-6-14-28)35-32(27)25-16-18-29(19-17-25)39-22-26-12-9-11-24-10-7-8-15-30(24)26/h4-21,23H,3,22H2,1-2H3/b31-20-/t23-/m1/s1. The van der Waals surface area contributed by atoms with Gasteiger partial charge in [-0.15, -0.1) is 0 Å². The van der Waals surface area contributed by atoms with Crippen molar-refractivity contribution in [3.05, 3.63) is 119 Å². The van der Waals surface area contributed by atoms with E-state index in [4.69, 9.17) is 22.1 Å². The Morgan fingerprint density at radius 1 is 0.951 bits per heavy atom. The summed E-state index contributed by atoms with van der Waals surface area (Å²) in [5, 5.41) is 7.33. The number of aromatic nitrogens is 2. The number of para-hydroxylation sites is 1. The van der Waals surface area contributed by atoms with Crippen LogP contribution in [0.5, 0.6) is 5.75 Å². The number of benzene rings is 4. The predicted molar refractivity (Wildman–Crippen MR) is 172 cm³/mol. The van der Waals surface area contributed by atoms with Gasteiger partial charge in [-0.3, -0.25) is 9.69 Å². The summed E-state index contributed by atoms with van der Waals surface area (Å²) >= 11 is 6.90. The smallest absolute Gasteiger partial charge is 0.266 e. The maximum atomic E-state index is 13.3. The molecule has 7 heteroatoms. The molecule has 1 aliphatic rings. The largest absolute Gasteiger partial charge is 0.489 e. The zero-order chi connectivity index (χ0) is 28.3. The van der Waals surface area contributed by atoms with Crippen molar-refractivity contribution < 1.29 is 9.53 Å². The Bertz CT molecular complexity index is 1760. The van der Waals surface area contributed by atoms with Crippen molar-refractivity contribution in [1.29, 1.82) is 0 Å². The first-order chi connectivity index (χ1) is 20.0. The summed E-state index contributed by atoms with van der Waals surface area (Å²) in [6, 6.07) is 32.6. The van der Waals surface area contributed by atoms with Crippen LogP contribution in [-0.2, 0) is 11.4 Å². The number of carbonyl (C=O) groups excluding carboxylic acids is 1. The van der Waals surface area contributed by atoms with Gasteiger partial charge in [-0.2, -0.15) is 5.10 Å². The summed E-state index contributed by atoms with van der Waals surface area (Å²) in [7, 11) is 0. The lowest BCUT2D eigenvalue weighted by Crippen LogP contribution is -2.36. The summed E-state index contributed by atoms with van der Waals surface area (Å²) in [6.45, 7) is 4.56. The van der Waals surface area contributed by atoms with Crippen LogP contribution >= 0.6 is 24.0 Å². The van der Waals surface area contributed by atoms with E-state index in [2.05, 4.69) is 43.3 Å². The van der Waals surface area contributed by atoms with Crippen LogP contribution in [0, 0.1) is 0 Å². The molecule has 41 heavy (non-hydrogen) atoms. The quantitative estimate of drug-likeness (QED) is 0.138. The number of thiocarbonyl (C=S) groups is 1. The molecule has 1 aromatic heterocycles. The van der Waals surface area contributed by atoms with E-state index in [1.54, 1.807) is 4.90 Å². The van der Waals surface area contributed by atoms with E-state index in [9.17, 15) is 4.79 Å². The Hall–Kier alpha value is -4.20. The molecule has 2 heterocycles. The van der Waals surface area contributed by atoms with E-state index in [1.165, 1.54) is 22.5 Å². The number of fused-ring (bicyclic) bond motifs is 1. The van der Waals surface area contributed by atoms with Gasteiger partial charge >= 0.3 is 0 Å². The average Bonchev–Trinajstić information content (AvgIpc) is 3.56. The molecular formula is C34H29N3O2S2. The number of rotatable bonds is 8. The highest BCUT2D eigenvalue weighted by Crippen LogP contribution is 2.36. The van der Waals surface area contributed by atoms with Crippen molar-refractivity contribution in [2.75, 3.05) is 0 Å². The van der Waals surface area contributed by atoms with Crippen LogP contribution in [0.2, 0.25) is 0 Å². The monoisotopic (exact) mass is 575 g/mol. The highest BCUT2D eigenvalue weighted by molar-refractivity contribution is 8.26. The Balaban J connectivity index is 1.30. The lowest BCUT2D eigenvalue weighted by Gasteiger charge is -2.21. The molecule has 0 bridgehead atoms. The lowest BCUT2D eigenvalue weighted by atomic mass is 10.1. The lowest BCUT2D eigenvalue weighted by molar-refractivity contribution is -0.123. The number of hydrogen-bond donors (Lipinski definition) is 0. The molecule has 0 N–H and O–H groups in total. The number of nitrogens with zero attached hydrogens (tertiary/aromatic N) is 3. The molecule has 1 fully saturated rings. The molecule has 0 unspecified atom stereocenters. The molecule has 5 aromatic rings. The molecule has 4 aromatic carbocycles. The first kappa shape index (κ1) is 27.0. The Morgan fingerprint density at radius 3 is 2.46 bits per heavy atom. The zero-order valence-electron chi connectivity index (χ0n) is 22.9. The summed E-state index contributed by atoms with van der Waals surface area (Å²) in [5.74, 6) is 0.727. The van der Waals surface area contributed by atoms with Crippen LogP contribution < -0.4 is 4.74 Å². The zero-order valence-corrected chi connectivity index (χ0v) is 24.5. The highest BCUT2D eigenvalue weighted by Gasteiger charge is 2.35. The number of hydrogen-bond acceptors (Lipinski definition) is 5. The van der Waals surface area contributed by atoms with Gasteiger partial charge in [0.1, 0.15) is 16.7 Å². The van der Waals surface area contributed by atoms with Gasteiger partial charge in [-0.25, -0.2) is 4.68 Å². The second kappa shape index (κ2) is 11.7. The van der Waals surface area contributed by atoms with Crippen molar-refractivity contribution in [3.63, 3.8) is 0 Å². The number of amides is 1. The van der Waals surface area contributed by atoms with Crippen LogP contribution in [0.1, 0.15) is 31.4 Å². The fourth-order valence-corrected chi connectivity index (χ4v) is 6.36. The summed E-state index contributed by atoms with van der Waals surface area (Å²) in [4.78, 5) is 15.6. The number of carbonyl (C=O) groups is 1. The SMILES string of the molecule is CC[C@@H](C)N1C(=O)/C(=C/c2cn(-c3ccccc3)nc2-c2ccc(OCc3cccc4ccccc34)cc2)SC1=S. The van der Waals surface area contributed by atoms with E-state index in [-0.39, 0.29) is 11.9 Å². The molecule has 1 amide bonds. The normalized spacial score (nSPS) is 15.2. The van der Waals surface area contributed by atoms with Gasteiger partial charge in [0.15, 0.2) is 0 Å². The fraction of sp³-hybridized carbons (Fsp3) is 0.147. The van der Waals surface area contributed by atoms with E-state index in [1.807, 2.05) is 84.5 Å². The molecule has 0 spiro atoms. The maximum absolute atomic E-state index is 13.3. The van der Waals surface area contributed by atoms with Crippen LogP contribution in [0.25, 0.3) is 33.8 Å². The Morgan fingerprint density at radius 2 is 1.68 bits per heavy atom. The second-order valence-corrected chi connectivity index (χ2v) is 11.6. The molecule has 1 saturated heterocycles. The molecule has 1 atom stereocenters. The van der Waals surface area contributed by atoms with Crippen LogP contribution in [0.4, 0.5) is 0 Å². The van der Waals surface area contributed by atoms with Crippen LogP contribution in [0.15, 0.2) is 108 Å². The third-order valence-corrected chi connectivity index (χ3v) is 8.64. The Kier molecular flexibility index (Phi) is 7.72. The van der Waals surface area contributed by atoms with E-state index in [0.717, 1.165) is 40.2 Å². The van der Waals surface area contributed by atoms with Gasteiger partial charge in [0.05, 0.1) is 16.3 Å². The summed E-state index contributed by atoms with van der Waals surface area (Å²) in [5.41, 5.74) is 4.65. The van der Waals surface area contributed by atoms with Gasteiger partial charge in [0, 0.05) is 23.4 Å². The maximum Gasteiger partial charge on any atom is 0.266 e. The Labute approximate surface area is 249 Å². The van der Waals surface area contributed by atoms with Gasteiger partial charge < -0.3 is 4.74 Å². The van der Waals surface area contributed by atoms with Gasteiger partial charge in [-0.05, 0) is 72.2 Å². The fourth-order valence-electron chi connectivity index (χ4n) is 4.90. The molecule has 0 radical (unpaired) electrons. The minimum Gasteiger partial charge on any atom is -0.489 e. The molecular weight excluding hydrogens is 547 g/mol.